The normalized spacial score (nSPS) is 12.9. The number of anilines is 1. The molecule has 4 nitrogen and oxygen atoms in total. The van der Waals surface area contributed by atoms with Crippen LogP contribution < -0.4 is 5.32 Å². The molecule has 4 heteroatoms. The number of aliphatic hydroxyl groups is 1. The molecule has 2 aromatic rings. The van der Waals surface area contributed by atoms with Gasteiger partial charge in [-0.15, -0.1) is 0 Å². The van der Waals surface area contributed by atoms with E-state index in [2.05, 4.69) is 10.3 Å². The first kappa shape index (κ1) is 9.98. The topological polar surface area (TPSA) is 49.6 Å². The van der Waals surface area contributed by atoms with Gasteiger partial charge in [-0.3, -0.25) is 4.40 Å². The number of rotatable bonds is 4. The number of hydrogen-bond acceptors (Lipinski definition) is 3. The highest BCUT2D eigenvalue weighted by Gasteiger charge is 2.02. The number of imidazole rings is 1. The summed E-state index contributed by atoms with van der Waals surface area (Å²) in [7, 11) is 0. The number of fused-ring (bicyclic) bond motifs is 1. The standard InChI is InChI=1S/C11H15N3O/c1-9(8-15)7-13-11-4-2-3-10-12-5-6-14(10)11/h2-6,9,13,15H,7-8H2,1H3. The number of nitrogens with one attached hydrogen (secondary N) is 1. The predicted molar refractivity (Wildman–Crippen MR) is 59.9 cm³/mol. The Bertz CT molecular complexity index is 438. The molecule has 2 N–H and O–H groups in total. The minimum Gasteiger partial charge on any atom is -0.396 e. The molecule has 0 aliphatic heterocycles. The minimum absolute atomic E-state index is 0.201. The van der Waals surface area contributed by atoms with Crippen LogP contribution in [-0.2, 0) is 0 Å². The lowest BCUT2D eigenvalue weighted by Gasteiger charge is -2.12. The average Bonchev–Trinajstić information content (AvgIpc) is 2.74. The van der Waals surface area contributed by atoms with Crippen molar-refractivity contribution in [2.75, 3.05) is 18.5 Å². The minimum atomic E-state index is 0.201. The summed E-state index contributed by atoms with van der Waals surface area (Å²) in [5.41, 5.74) is 0.927. The van der Waals surface area contributed by atoms with E-state index in [1.54, 1.807) is 6.20 Å². The van der Waals surface area contributed by atoms with Gasteiger partial charge in [0.1, 0.15) is 11.5 Å². The molecular formula is C11H15N3O. The van der Waals surface area contributed by atoms with Crippen LogP contribution in [0.15, 0.2) is 30.6 Å². The first-order valence-corrected chi connectivity index (χ1v) is 5.08. The second-order valence-corrected chi connectivity index (χ2v) is 3.74. The fourth-order valence-electron chi connectivity index (χ4n) is 1.44. The lowest BCUT2D eigenvalue weighted by atomic mass is 10.2. The molecule has 0 aliphatic rings. The van der Waals surface area contributed by atoms with E-state index in [1.165, 1.54) is 0 Å². The molecular weight excluding hydrogens is 190 g/mol. The maximum Gasteiger partial charge on any atom is 0.138 e. The molecule has 0 spiro atoms. The molecule has 0 saturated carbocycles. The summed E-state index contributed by atoms with van der Waals surface area (Å²) >= 11 is 0. The number of aromatic nitrogens is 2. The monoisotopic (exact) mass is 205 g/mol. The molecule has 2 heterocycles. The molecule has 0 radical (unpaired) electrons. The number of pyridine rings is 1. The van der Waals surface area contributed by atoms with Gasteiger partial charge in [0.15, 0.2) is 0 Å². The summed E-state index contributed by atoms with van der Waals surface area (Å²) in [4.78, 5) is 4.20. The summed E-state index contributed by atoms with van der Waals surface area (Å²) in [6.07, 6.45) is 3.69. The van der Waals surface area contributed by atoms with Crippen molar-refractivity contribution in [3.05, 3.63) is 30.6 Å². The van der Waals surface area contributed by atoms with Crippen LogP contribution in [0.4, 0.5) is 5.82 Å². The third-order valence-corrected chi connectivity index (χ3v) is 2.37. The third-order valence-electron chi connectivity index (χ3n) is 2.37. The van der Waals surface area contributed by atoms with Gasteiger partial charge in [0.25, 0.3) is 0 Å². The number of hydrogen-bond donors (Lipinski definition) is 2. The van der Waals surface area contributed by atoms with Crippen LogP contribution in [0.2, 0.25) is 0 Å². The second-order valence-electron chi connectivity index (χ2n) is 3.74. The second kappa shape index (κ2) is 4.31. The molecule has 0 saturated heterocycles. The lowest BCUT2D eigenvalue weighted by Crippen LogP contribution is -2.15. The Morgan fingerprint density at radius 3 is 3.20 bits per heavy atom. The smallest absolute Gasteiger partial charge is 0.138 e. The van der Waals surface area contributed by atoms with Crippen LogP contribution in [0.5, 0.6) is 0 Å². The van der Waals surface area contributed by atoms with Gasteiger partial charge in [0.05, 0.1) is 0 Å². The van der Waals surface area contributed by atoms with Gasteiger partial charge in [-0.05, 0) is 18.1 Å². The molecule has 80 valence electrons. The highest BCUT2D eigenvalue weighted by Crippen LogP contribution is 2.11. The van der Waals surface area contributed by atoms with E-state index in [0.29, 0.717) is 0 Å². The van der Waals surface area contributed by atoms with Gasteiger partial charge in [-0.1, -0.05) is 13.0 Å². The Morgan fingerprint density at radius 1 is 1.53 bits per heavy atom. The van der Waals surface area contributed by atoms with Gasteiger partial charge < -0.3 is 10.4 Å². The predicted octanol–water partition coefficient (Wildman–Crippen LogP) is 1.37. The summed E-state index contributed by atoms with van der Waals surface area (Å²) in [5, 5.41) is 12.2. The number of aliphatic hydroxyl groups excluding tert-OH is 1. The highest BCUT2D eigenvalue weighted by molar-refractivity contribution is 5.49. The zero-order chi connectivity index (χ0) is 10.7. The maximum atomic E-state index is 8.93. The van der Waals surface area contributed by atoms with E-state index in [1.807, 2.05) is 35.7 Å². The van der Waals surface area contributed by atoms with E-state index >= 15 is 0 Å². The van der Waals surface area contributed by atoms with Crippen molar-refractivity contribution in [1.82, 2.24) is 9.38 Å². The summed E-state index contributed by atoms with van der Waals surface area (Å²) in [5.74, 6) is 1.26. The van der Waals surface area contributed by atoms with Crippen molar-refractivity contribution in [3.8, 4) is 0 Å². The Balaban J connectivity index is 2.17. The SMILES string of the molecule is CC(CO)CNc1cccc2nccn12. The van der Waals surface area contributed by atoms with E-state index < -0.39 is 0 Å². The quantitative estimate of drug-likeness (QED) is 0.792. The van der Waals surface area contributed by atoms with Gasteiger partial charge in [0, 0.05) is 25.5 Å². The molecule has 1 atom stereocenters. The van der Waals surface area contributed by atoms with Gasteiger partial charge >= 0.3 is 0 Å². The van der Waals surface area contributed by atoms with Crippen molar-refractivity contribution < 1.29 is 5.11 Å². The van der Waals surface area contributed by atoms with Crippen molar-refractivity contribution in [2.45, 2.75) is 6.92 Å². The maximum absolute atomic E-state index is 8.93. The van der Waals surface area contributed by atoms with Gasteiger partial charge in [-0.25, -0.2) is 4.98 Å². The Hall–Kier alpha value is -1.55. The highest BCUT2D eigenvalue weighted by atomic mass is 16.3. The first-order chi connectivity index (χ1) is 7.31. The first-order valence-electron chi connectivity index (χ1n) is 5.08. The fourth-order valence-corrected chi connectivity index (χ4v) is 1.44. The zero-order valence-electron chi connectivity index (χ0n) is 8.72. The molecule has 0 fully saturated rings. The van der Waals surface area contributed by atoms with Crippen LogP contribution in [0.1, 0.15) is 6.92 Å². The fraction of sp³-hybridized carbons (Fsp3) is 0.364. The van der Waals surface area contributed by atoms with Crippen molar-refractivity contribution >= 4 is 11.5 Å². The van der Waals surface area contributed by atoms with Crippen molar-refractivity contribution in [2.24, 2.45) is 5.92 Å². The Labute approximate surface area is 88.6 Å². The largest absolute Gasteiger partial charge is 0.396 e. The Kier molecular flexibility index (Phi) is 2.87. The molecule has 2 aromatic heterocycles. The average molecular weight is 205 g/mol. The van der Waals surface area contributed by atoms with Crippen LogP contribution in [-0.4, -0.2) is 27.6 Å². The molecule has 0 bridgehead atoms. The van der Waals surface area contributed by atoms with E-state index in [4.69, 9.17) is 5.11 Å². The summed E-state index contributed by atoms with van der Waals surface area (Å²) in [6.45, 7) is 2.96. The molecule has 15 heavy (non-hydrogen) atoms. The molecule has 0 aliphatic carbocycles. The molecule has 0 aromatic carbocycles. The van der Waals surface area contributed by atoms with Crippen LogP contribution in [0.3, 0.4) is 0 Å². The molecule has 1 unspecified atom stereocenters. The van der Waals surface area contributed by atoms with E-state index in [-0.39, 0.29) is 12.5 Å². The third kappa shape index (κ3) is 2.10. The van der Waals surface area contributed by atoms with Gasteiger partial charge in [-0.2, -0.15) is 0 Å². The zero-order valence-corrected chi connectivity index (χ0v) is 8.72. The molecule has 0 amide bonds. The van der Waals surface area contributed by atoms with Crippen LogP contribution in [0.25, 0.3) is 5.65 Å². The van der Waals surface area contributed by atoms with E-state index in [9.17, 15) is 0 Å². The number of nitrogens with zero attached hydrogens (tertiary/aromatic N) is 2. The van der Waals surface area contributed by atoms with Gasteiger partial charge in [0.2, 0.25) is 0 Å². The van der Waals surface area contributed by atoms with Crippen molar-refractivity contribution in [3.63, 3.8) is 0 Å². The lowest BCUT2D eigenvalue weighted by molar-refractivity contribution is 0.244. The van der Waals surface area contributed by atoms with E-state index in [0.717, 1.165) is 18.0 Å². The molecule has 2 rings (SSSR count). The summed E-state index contributed by atoms with van der Waals surface area (Å²) in [6, 6.07) is 5.92. The van der Waals surface area contributed by atoms with Crippen molar-refractivity contribution in [1.29, 1.82) is 0 Å². The summed E-state index contributed by atoms with van der Waals surface area (Å²) < 4.78 is 1.99. The van der Waals surface area contributed by atoms with Crippen LogP contribution >= 0.6 is 0 Å². The van der Waals surface area contributed by atoms with Crippen LogP contribution in [0, 0.1) is 5.92 Å². The Morgan fingerprint density at radius 2 is 2.40 bits per heavy atom.